The second-order valence-electron chi connectivity index (χ2n) is 6.19. The third-order valence-electron chi connectivity index (χ3n) is 3.63. The Morgan fingerprint density at radius 3 is 0.824 bits per heavy atom. The Kier molecular flexibility index (Phi) is 16.1. The van der Waals surface area contributed by atoms with Gasteiger partial charge in [-0.3, -0.25) is 0 Å². The number of rotatable bonds is 6. The van der Waals surface area contributed by atoms with Crippen LogP contribution in [0.25, 0.3) is 18.2 Å². The molecule has 0 N–H and O–H groups in total. The largest absolute Gasteiger partial charge is 3.00 e. The van der Waals surface area contributed by atoms with Gasteiger partial charge in [0.15, 0.2) is 0 Å². The van der Waals surface area contributed by atoms with Crippen molar-refractivity contribution in [2.45, 2.75) is 0 Å². The number of hydrogen-bond donors (Lipinski definition) is 0. The molecule has 0 radical (unpaired) electrons. The zero-order chi connectivity index (χ0) is 24.3. The molecule has 0 atom stereocenters. The third-order valence-corrected chi connectivity index (χ3v) is 3.63. The van der Waals surface area contributed by atoms with E-state index >= 15 is 0 Å². The van der Waals surface area contributed by atoms with Crippen LogP contribution in [0.4, 0.5) is 0 Å². The molecule has 3 aromatic carbocycles. The summed E-state index contributed by atoms with van der Waals surface area (Å²) in [6.07, 6.45) is 7.51. The average Bonchev–Trinajstić information content (AvgIpc) is 2.83. The monoisotopic (exact) mass is 468 g/mol. The fourth-order valence-electron chi connectivity index (χ4n) is 2.19. The van der Waals surface area contributed by atoms with Gasteiger partial charge < -0.3 is 29.7 Å². The summed E-state index contributed by atoms with van der Waals surface area (Å²) in [5.74, 6) is -3.52. The summed E-state index contributed by atoms with van der Waals surface area (Å²) in [5.41, 5.74) is 2.57. The van der Waals surface area contributed by atoms with E-state index in [1.165, 1.54) is 18.2 Å². The van der Waals surface area contributed by atoms with Gasteiger partial charge in [0, 0.05) is 0 Å². The molecule has 0 bridgehead atoms. The fraction of sp³-hybridized carbons (Fsp3) is 0. The van der Waals surface area contributed by atoms with E-state index in [4.69, 9.17) is 0 Å². The quantitative estimate of drug-likeness (QED) is 0.393. The van der Waals surface area contributed by atoms with Crippen LogP contribution in [-0.2, 0) is 14.4 Å². The molecule has 0 aliphatic rings. The summed E-state index contributed by atoms with van der Waals surface area (Å²) in [4.78, 5) is 29.9. The minimum absolute atomic E-state index is 0. The van der Waals surface area contributed by atoms with Gasteiger partial charge in [0.25, 0.3) is 0 Å². The molecule has 0 saturated heterocycles. The first kappa shape index (κ1) is 29.8. The fourth-order valence-corrected chi connectivity index (χ4v) is 2.19. The number of carboxylic acid groups (broad SMARTS) is 3. The van der Waals surface area contributed by atoms with Crippen molar-refractivity contribution in [1.82, 2.24) is 0 Å². The summed E-state index contributed by atoms with van der Waals surface area (Å²) in [7, 11) is 0. The molecular formula is C27H21AlO6. The zero-order valence-electron chi connectivity index (χ0n) is 18.2. The second kappa shape index (κ2) is 18.4. The topological polar surface area (TPSA) is 120 Å². The van der Waals surface area contributed by atoms with E-state index in [2.05, 4.69) is 0 Å². The van der Waals surface area contributed by atoms with Crippen molar-refractivity contribution in [2.75, 3.05) is 0 Å². The molecule has 0 heterocycles. The van der Waals surface area contributed by atoms with Crippen LogP contribution in [0, 0.1) is 0 Å². The van der Waals surface area contributed by atoms with E-state index in [0.29, 0.717) is 0 Å². The number of carbonyl (C=O) groups excluding carboxylic acids is 3. The molecule has 0 unspecified atom stereocenters. The molecule has 168 valence electrons. The number of carboxylic acids is 3. The van der Waals surface area contributed by atoms with Crippen LogP contribution < -0.4 is 15.3 Å². The van der Waals surface area contributed by atoms with Crippen LogP contribution in [-0.4, -0.2) is 35.3 Å². The van der Waals surface area contributed by atoms with E-state index in [-0.39, 0.29) is 17.4 Å². The maximum absolute atomic E-state index is 9.97. The molecule has 34 heavy (non-hydrogen) atoms. The normalized spacial score (nSPS) is 9.88. The van der Waals surface area contributed by atoms with Gasteiger partial charge >= 0.3 is 17.4 Å². The molecule has 7 heteroatoms. The van der Waals surface area contributed by atoms with Crippen molar-refractivity contribution in [3.05, 3.63) is 126 Å². The van der Waals surface area contributed by atoms with E-state index in [1.54, 1.807) is 0 Å². The van der Waals surface area contributed by atoms with Crippen molar-refractivity contribution < 1.29 is 29.7 Å². The van der Waals surface area contributed by atoms with E-state index < -0.39 is 17.9 Å². The van der Waals surface area contributed by atoms with E-state index in [9.17, 15) is 29.7 Å². The van der Waals surface area contributed by atoms with Crippen LogP contribution in [0.2, 0.25) is 0 Å². The first-order valence-electron chi connectivity index (χ1n) is 9.69. The summed E-state index contributed by atoms with van der Waals surface area (Å²) < 4.78 is 0. The maximum Gasteiger partial charge on any atom is 3.00 e. The molecule has 6 nitrogen and oxygen atoms in total. The number of carbonyl (C=O) groups is 3. The van der Waals surface area contributed by atoms with Crippen molar-refractivity contribution in [3.8, 4) is 0 Å². The average molecular weight is 468 g/mol. The number of hydrogen-bond acceptors (Lipinski definition) is 6. The van der Waals surface area contributed by atoms with Gasteiger partial charge in [0.1, 0.15) is 0 Å². The Morgan fingerprint density at radius 1 is 0.441 bits per heavy atom. The van der Waals surface area contributed by atoms with Crippen molar-refractivity contribution in [3.63, 3.8) is 0 Å². The van der Waals surface area contributed by atoms with Crippen LogP contribution in [0.1, 0.15) is 16.7 Å². The van der Waals surface area contributed by atoms with Crippen molar-refractivity contribution in [1.29, 1.82) is 0 Å². The van der Waals surface area contributed by atoms with Gasteiger partial charge in [-0.15, -0.1) is 0 Å². The smallest absolute Gasteiger partial charge is 0.545 e. The first-order chi connectivity index (χ1) is 15.9. The minimum atomic E-state index is -1.17. The molecule has 0 amide bonds. The zero-order valence-corrected chi connectivity index (χ0v) is 19.3. The summed E-state index contributed by atoms with van der Waals surface area (Å²) in [6.45, 7) is 0. The van der Waals surface area contributed by atoms with Gasteiger partial charge in [-0.1, -0.05) is 109 Å². The van der Waals surface area contributed by atoms with E-state index in [1.807, 2.05) is 91.0 Å². The number of benzene rings is 3. The SMILES string of the molecule is O=C([O-])C=Cc1ccccc1.O=C([O-])C=Cc1ccccc1.O=C([O-])C=Cc1ccccc1.[Al+3]. The molecule has 0 aliphatic heterocycles. The van der Waals surface area contributed by atoms with Gasteiger partial charge in [-0.25, -0.2) is 0 Å². The Labute approximate surface area is 209 Å². The predicted molar refractivity (Wildman–Crippen MR) is 127 cm³/mol. The first-order valence-corrected chi connectivity index (χ1v) is 9.69. The Morgan fingerprint density at radius 2 is 0.647 bits per heavy atom. The minimum Gasteiger partial charge on any atom is -0.545 e. The van der Waals surface area contributed by atoms with Crippen LogP contribution in [0.3, 0.4) is 0 Å². The maximum atomic E-state index is 9.97. The summed E-state index contributed by atoms with van der Waals surface area (Å²) in [6, 6.07) is 27.6. The molecule has 0 aliphatic carbocycles. The Hall–Kier alpha value is -4.18. The Balaban J connectivity index is 0.000000473. The number of aliphatic carboxylic acids is 3. The molecular weight excluding hydrogens is 447 g/mol. The Bertz CT molecular complexity index is 934. The molecule has 0 fully saturated rings. The second-order valence-corrected chi connectivity index (χ2v) is 6.19. The predicted octanol–water partition coefficient (Wildman–Crippen LogP) is 0.968. The van der Waals surface area contributed by atoms with Gasteiger partial charge in [-0.2, -0.15) is 0 Å². The summed E-state index contributed by atoms with van der Waals surface area (Å²) >= 11 is 0. The van der Waals surface area contributed by atoms with Crippen LogP contribution in [0.15, 0.2) is 109 Å². The van der Waals surface area contributed by atoms with Gasteiger partial charge in [-0.05, 0) is 34.9 Å². The van der Waals surface area contributed by atoms with Crippen molar-refractivity contribution >= 4 is 53.5 Å². The standard InChI is InChI=1S/3C9H8O2.Al/c3*10-9(11)7-6-8-4-2-1-3-5-8;/h3*1-7H,(H,10,11);/q;;;+3/p-3. The van der Waals surface area contributed by atoms with Gasteiger partial charge in [0.2, 0.25) is 0 Å². The molecule has 0 aromatic heterocycles. The third kappa shape index (κ3) is 16.5. The van der Waals surface area contributed by atoms with Crippen LogP contribution >= 0.6 is 0 Å². The van der Waals surface area contributed by atoms with E-state index in [0.717, 1.165) is 34.9 Å². The molecule has 3 aromatic rings. The van der Waals surface area contributed by atoms with Crippen molar-refractivity contribution in [2.24, 2.45) is 0 Å². The van der Waals surface area contributed by atoms with Gasteiger partial charge in [0.05, 0.1) is 17.9 Å². The molecule has 0 saturated carbocycles. The summed E-state index contributed by atoms with van der Waals surface area (Å²) in [5, 5.41) is 29.9. The van der Waals surface area contributed by atoms with Crippen LogP contribution in [0.5, 0.6) is 0 Å². The molecule has 0 spiro atoms. The molecule has 3 rings (SSSR count).